The molecule has 5 nitrogen and oxygen atoms in total. The monoisotopic (exact) mass is 356 g/mol. The maximum atomic E-state index is 11.7. The Morgan fingerprint density at radius 3 is 2.90 bits per heavy atom. The predicted octanol–water partition coefficient (Wildman–Crippen LogP) is 2.18. The smallest absolute Gasteiger partial charge is 0.236 e. The van der Waals surface area contributed by atoms with Crippen molar-refractivity contribution in [3.63, 3.8) is 0 Å². The predicted molar refractivity (Wildman–Crippen MR) is 84.8 cm³/mol. The second kappa shape index (κ2) is 7.66. The van der Waals surface area contributed by atoms with Gasteiger partial charge in [-0.2, -0.15) is 0 Å². The van der Waals surface area contributed by atoms with Gasteiger partial charge in [0.1, 0.15) is 0 Å². The number of halogens is 1. The fraction of sp³-hybridized carbons (Fsp3) is 0.533. The average molecular weight is 357 g/mol. The first-order valence-electron chi connectivity index (χ1n) is 7.14. The summed E-state index contributed by atoms with van der Waals surface area (Å²) in [5.74, 6) is 1.61. The fourth-order valence-electron chi connectivity index (χ4n) is 2.01. The molecular weight excluding hydrogens is 336 g/mol. The standard InChI is InChI=1S/C15H21BrN2O3/c1-3-18(2)14(19)10-17-9-11-7-12(16)15-13(8-11)20-5-4-6-21-15/h7-8,17H,3-6,9-10H2,1-2H3. The zero-order chi connectivity index (χ0) is 15.2. The Morgan fingerprint density at radius 1 is 1.38 bits per heavy atom. The van der Waals surface area contributed by atoms with Crippen molar-refractivity contribution in [3.05, 3.63) is 22.2 Å². The van der Waals surface area contributed by atoms with Crippen molar-refractivity contribution in [2.24, 2.45) is 0 Å². The van der Waals surface area contributed by atoms with Gasteiger partial charge in [-0.1, -0.05) is 0 Å². The fourth-order valence-corrected chi connectivity index (χ4v) is 2.62. The summed E-state index contributed by atoms with van der Waals surface area (Å²) in [7, 11) is 1.80. The molecule has 1 aromatic carbocycles. The van der Waals surface area contributed by atoms with E-state index in [-0.39, 0.29) is 5.91 Å². The van der Waals surface area contributed by atoms with Gasteiger partial charge in [-0.15, -0.1) is 0 Å². The van der Waals surface area contributed by atoms with Gasteiger partial charge < -0.3 is 19.7 Å². The van der Waals surface area contributed by atoms with Crippen LogP contribution in [0.15, 0.2) is 16.6 Å². The molecule has 0 saturated carbocycles. The highest BCUT2D eigenvalue weighted by atomic mass is 79.9. The Morgan fingerprint density at radius 2 is 2.14 bits per heavy atom. The van der Waals surface area contributed by atoms with Crippen LogP contribution in [0.2, 0.25) is 0 Å². The summed E-state index contributed by atoms with van der Waals surface area (Å²) in [4.78, 5) is 13.4. The molecule has 0 aliphatic carbocycles. The molecule has 6 heteroatoms. The molecule has 116 valence electrons. The highest BCUT2D eigenvalue weighted by Gasteiger charge is 2.15. The number of nitrogens with zero attached hydrogens (tertiary/aromatic N) is 1. The van der Waals surface area contributed by atoms with Crippen molar-refractivity contribution >= 4 is 21.8 Å². The van der Waals surface area contributed by atoms with Gasteiger partial charge >= 0.3 is 0 Å². The Bertz CT molecular complexity index is 508. The lowest BCUT2D eigenvalue weighted by Crippen LogP contribution is -2.35. The first kappa shape index (κ1) is 16.1. The molecule has 0 spiro atoms. The van der Waals surface area contributed by atoms with Crippen molar-refractivity contribution in [2.75, 3.05) is 33.4 Å². The first-order valence-corrected chi connectivity index (χ1v) is 7.93. The number of rotatable bonds is 5. The molecule has 1 amide bonds. The molecule has 0 radical (unpaired) electrons. The van der Waals surface area contributed by atoms with E-state index in [1.165, 1.54) is 0 Å². The maximum absolute atomic E-state index is 11.7. The van der Waals surface area contributed by atoms with Crippen molar-refractivity contribution in [3.8, 4) is 11.5 Å². The molecule has 1 aliphatic heterocycles. The third-order valence-corrected chi connectivity index (χ3v) is 3.96. The van der Waals surface area contributed by atoms with Crippen LogP contribution in [0.3, 0.4) is 0 Å². The summed E-state index contributed by atoms with van der Waals surface area (Å²) in [5.41, 5.74) is 1.05. The molecule has 1 aliphatic rings. The lowest BCUT2D eigenvalue weighted by Gasteiger charge is -2.15. The molecule has 0 fully saturated rings. The van der Waals surface area contributed by atoms with Crippen LogP contribution in [0.25, 0.3) is 0 Å². The Labute approximate surface area is 133 Å². The van der Waals surface area contributed by atoms with Gasteiger partial charge in [0.05, 0.1) is 24.2 Å². The molecule has 0 aromatic heterocycles. The number of ether oxygens (including phenoxy) is 2. The van der Waals surface area contributed by atoms with E-state index in [9.17, 15) is 4.79 Å². The number of likely N-dealkylation sites (N-methyl/N-ethyl adjacent to an activating group) is 1. The van der Waals surface area contributed by atoms with E-state index in [0.717, 1.165) is 34.5 Å². The van der Waals surface area contributed by atoms with Gasteiger partial charge in [-0.3, -0.25) is 4.79 Å². The molecule has 1 N–H and O–H groups in total. The van der Waals surface area contributed by atoms with E-state index in [1.807, 2.05) is 19.1 Å². The van der Waals surface area contributed by atoms with E-state index in [2.05, 4.69) is 21.2 Å². The minimum atomic E-state index is 0.0888. The molecule has 1 heterocycles. The molecule has 0 saturated heterocycles. The van der Waals surface area contributed by atoms with E-state index in [4.69, 9.17) is 9.47 Å². The Hall–Kier alpha value is -1.27. The van der Waals surface area contributed by atoms with Gasteiger partial charge in [-0.05, 0) is 40.5 Å². The minimum Gasteiger partial charge on any atom is -0.490 e. The SMILES string of the molecule is CCN(C)C(=O)CNCc1cc(Br)c2c(c1)OCCCO2. The van der Waals surface area contributed by atoms with E-state index < -0.39 is 0 Å². The summed E-state index contributed by atoms with van der Waals surface area (Å²) >= 11 is 3.51. The van der Waals surface area contributed by atoms with Gasteiger partial charge in [-0.25, -0.2) is 0 Å². The Balaban J connectivity index is 1.97. The molecular formula is C15H21BrN2O3. The largest absolute Gasteiger partial charge is 0.490 e. The molecule has 0 unspecified atom stereocenters. The minimum absolute atomic E-state index is 0.0888. The van der Waals surface area contributed by atoms with E-state index in [1.54, 1.807) is 11.9 Å². The van der Waals surface area contributed by atoms with E-state index in [0.29, 0.717) is 26.3 Å². The number of fused-ring (bicyclic) bond motifs is 1. The summed E-state index contributed by atoms with van der Waals surface area (Å²) in [6, 6.07) is 3.96. The topological polar surface area (TPSA) is 50.8 Å². The van der Waals surface area contributed by atoms with Gasteiger partial charge in [0.2, 0.25) is 5.91 Å². The maximum Gasteiger partial charge on any atom is 0.236 e. The lowest BCUT2D eigenvalue weighted by atomic mass is 10.2. The highest BCUT2D eigenvalue weighted by molar-refractivity contribution is 9.10. The molecule has 21 heavy (non-hydrogen) atoms. The van der Waals surface area contributed by atoms with Crippen LogP contribution in [-0.2, 0) is 11.3 Å². The summed E-state index contributed by atoms with van der Waals surface area (Å²) < 4.78 is 12.2. The molecule has 1 aromatic rings. The number of amides is 1. The number of benzene rings is 1. The first-order chi connectivity index (χ1) is 10.1. The second-order valence-electron chi connectivity index (χ2n) is 4.97. The molecule has 0 bridgehead atoms. The van der Waals surface area contributed by atoms with Crippen LogP contribution >= 0.6 is 15.9 Å². The summed E-state index contributed by atoms with van der Waals surface area (Å²) in [6.45, 7) is 4.95. The highest BCUT2D eigenvalue weighted by Crippen LogP contribution is 2.38. The normalized spacial score (nSPS) is 13.7. The average Bonchev–Trinajstić information content (AvgIpc) is 2.72. The van der Waals surface area contributed by atoms with Gasteiger partial charge in [0.25, 0.3) is 0 Å². The third-order valence-electron chi connectivity index (χ3n) is 3.37. The van der Waals surface area contributed by atoms with Crippen molar-refractivity contribution in [2.45, 2.75) is 19.9 Å². The van der Waals surface area contributed by atoms with Gasteiger partial charge in [0.15, 0.2) is 11.5 Å². The lowest BCUT2D eigenvalue weighted by molar-refractivity contribution is -0.128. The van der Waals surface area contributed by atoms with Crippen molar-refractivity contribution in [1.82, 2.24) is 10.2 Å². The zero-order valence-corrected chi connectivity index (χ0v) is 14.0. The van der Waals surface area contributed by atoms with Crippen LogP contribution in [0, 0.1) is 0 Å². The van der Waals surface area contributed by atoms with Crippen molar-refractivity contribution < 1.29 is 14.3 Å². The molecule has 0 atom stereocenters. The van der Waals surface area contributed by atoms with Crippen LogP contribution in [0.5, 0.6) is 11.5 Å². The summed E-state index contributed by atoms with van der Waals surface area (Å²) in [5, 5.41) is 3.16. The molecule has 2 rings (SSSR count). The van der Waals surface area contributed by atoms with Crippen LogP contribution < -0.4 is 14.8 Å². The number of hydrogen-bond donors (Lipinski definition) is 1. The number of carbonyl (C=O) groups is 1. The van der Waals surface area contributed by atoms with Crippen molar-refractivity contribution in [1.29, 1.82) is 0 Å². The van der Waals surface area contributed by atoms with E-state index >= 15 is 0 Å². The van der Waals surface area contributed by atoms with Crippen LogP contribution in [-0.4, -0.2) is 44.2 Å². The third kappa shape index (κ3) is 4.35. The zero-order valence-electron chi connectivity index (χ0n) is 12.4. The van der Waals surface area contributed by atoms with Crippen LogP contribution in [0.4, 0.5) is 0 Å². The Kier molecular flexibility index (Phi) is 5.87. The number of nitrogens with one attached hydrogen (secondary N) is 1. The number of carbonyl (C=O) groups excluding carboxylic acids is 1. The number of hydrogen-bond acceptors (Lipinski definition) is 4. The van der Waals surface area contributed by atoms with Gasteiger partial charge in [0, 0.05) is 26.6 Å². The second-order valence-corrected chi connectivity index (χ2v) is 5.82. The van der Waals surface area contributed by atoms with Crippen LogP contribution in [0.1, 0.15) is 18.9 Å². The quantitative estimate of drug-likeness (QED) is 0.878. The summed E-state index contributed by atoms with van der Waals surface area (Å²) in [6.07, 6.45) is 0.882.